The third kappa shape index (κ3) is 5.83. The molecule has 1 fully saturated rings. The molecular weight excluding hydrogens is 359 g/mol. The van der Waals surface area contributed by atoms with Crippen molar-refractivity contribution in [1.82, 2.24) is 4.90 Å². The Labute approximate surface area is 159 Å². The molecule has 0 radical (unpaired) electrons. The topological polar surface area (TPSA) is 64.8 Å². The Balaban J connectivity index is 2.16. The number of nitrogens with zero attached hydrogens (tertiary/aromatic N) is 1. The van der Waals surface area contributed by atoms with E-state index in [2.05, 4.69) is 0 Å². The lowest BCUT2D eigenvalue weighted by molar-refractivity contribution is -0.0233. The van der Waals surface area contributed by atoms with Crippen molar-refractivity contribution in [1.29, 1.82) is 0 Å². The highest BCUT2D eigenvalue weighted by Crippen LogP contribution is 2.34. The van der Waals surface area contributed by atoms with Crippen molar-refractivity contribution >= 4 is 17.7 Å². The summed E-state index contributed by atoms with van der Waals surface area (Å²) in [5, 5.41) is 0.0589. The molecule has 0 unspecified atom stereocenters. The molecule has 0 bridgehead atoms. The summed E-state index contributed by atoms with van der Waals surface area (Å²) < 4.78 is 25.0. The monoisotopic (exact) mass is 386 g/mol. The van der Waals surface area contributed by atoms with Crippen molar-refractivity contribution in [3.05, 3.63) is 34.6 Å². The van der Waals surface area contributed by atoms with Gasteiger partial charge in [0.2, 0.25) is 0 Å². The average molecular weight is 387 g/mol. The zero-order valence-corrected chi connectivity index (χ0v) is 16.4. The molecule has 2 rings (SSSR count). The zero-order valence-electron chi connectivity index (χ0n) is 15.6. The fourth-order valence-corrected chi connectivity index (χ4v) is 3.33. The van der Waals surface area contributed by atoms with Crippen LogP contribution in [-0.4, -0.2) is 42.8 Å². The number of hydrogen-bond acceptors (Lipinski definition) is 4. The number of ether oxygens (including phenoxy) is 2. The molecule has 146 valence electrons. The number of carbonyl (C=O) groups is 1. The van der Waals surface area contributed by atoms with Gasteiger partial charge in [-0.25, -0.2) is 9.18 Å². The number of amides is 1. The molecule has 1 aromatic rings. The van der Waals surface area contributed by atoms with Crippen LogP contribution in [-0.2, 0) is 9.47 Å². The SMILES string of the molecule is CC(C)(C)OC(=O)N1CCC[C@@H]([C@@H](OCCN)c2ccc(F)c(Cl)c2)C1. The van der Waals surface area contributed by atoms with Crippen molar-refractivity contribution < 1.29 is 18.7 Å². The average Bonchev–Trinajstić information content (AvgIpc) is 2.57. The Hall–Kier alpha value is -1.37. The second kappa shape index (κ2) is 9.02. The first-order chi connectivity index (χ1) is 12.2. The second-order valence-corrected chi connectivity index (χ2v) is 7.99. The normalized spacial score (nSPS) is 19.3. The van der Waals surface area contributed by atoms with Crippen molar-refractivity contribution in [3.8, 4) is 0 Å². The Morgan fingerprint density at radius 3 is 2.81 bits per heavy atom. The van der Waals surface area contributed by atoms with Crippen molar-refractivity contribution in [2.45, 2.75) is 45.3 Å². The van der Waals surface area contributed by atoms with E-state index in [0.717, 1.165) is 18.4 Å². The minimum Gasteiger partial charge on any atom is -0.444 e. The van der Waals surface area contributed by atoms with Crippen molar-refractivity contribution in [2.24, 2.45) is 11.7 Å². The molecular formula is C19H28ClFN2O3. The predicted octanol–water partition coefficient (Wildman–Crippen LogP) is 4.14. The maximum absolute atomic E-state index is 13.5. The van der Waals surface area contributed by atoms with Gasteiger partial charge >= 0.3 is 6.09 Å². The summed E-state index contributed by atoms with van der Waals surface area (Å²) in [7, 11) is 0. The summed E-state index contributed by atoms with van der Waals surface area (Å²) in [5.41, 5.74) is 5.84. The first kappa shape index (κ1) is 20.9. The molecule has 7 heteroatoms. The smallest absolute Gasteiger partial charge is 0.410 e. The molecule has 1 aliphatic rings. The van der Waals surface area contributed by atoms with E-state index in [4.69, 9.17) is 26.8 Å². The number of nitrogens with two attached hydrogens (primary N) is 1. The molecule has 0 aliphatic carbocycles. The maximum Gasteiger partial charge on any atom is 0.410 e. The lowest BCUT2D eigenvalue weighted by Crippen LogP contribution is -2.44. The third-order valence-corrected chi connectivity index (χ3v) is 4.51. The minimum absolute atomic E-state index is 0.0589. The van der Waals surface area contributed by atoms with Gasteiger partial charge in [0.25, 0.3) is 0 Å². The Morgan fingerprint density at radius 1 is 1.46 bits per heavy atom. The molecule has 0 saturated carbocycles. The number of hydrogen-bond donors (Lipinski definition) is 1. The van der Waals surface area contributed by atoms with E-state index in [0.29, 0.717) is 26.2 Å². The third-order valence-electron chi connectivity index (χ3n) is 4.23. The van der Waals surface area contributed by atoms with Crippen LogP contribution in [0.4, 0.5) is 9.18 Å². The highest BCUT2D eigenvalue weighted by atomic mass is 35.5. The molecule has 5 nitrogen and oxygen atoms in total. The first-order valence-electron chi connectivity index (χ1n) is 8.96. The molecule has 1 aliphatic heterocycles. The van der Waals surface area contributed by atoms with Gasteiger partial charge in [-0.15, -0.1) is 0 Å². The number of rotatable bonds is 5. The molecule has 1 aromatic carbocycles. The summed E-state index contributed by atoms with van der Waals surface area (Å²) in [5.74, 6) is -0.406. The molecule has 26 heavy (non-hydrogen) atoms. The van der Waals surface area contributed by atoms with Crippen LogP contribution in [0.25, 0.3) is 0 Å². The summed E-state index contributed by atoms with van der Waals surface area (Å²) in [6.07, 6.45) is 1.11. The van der Waals surface area contributed by atoms with Crippen molar-refractivity contribution in [3.63, 3.8) is 0 Å². The van der Waals surface area contributed by atoms with Crippen LogP contribution in [0.3, 0.4) is 0 Å². The lowest BCUT2D eigenvalue weighted by atomic mass is 9.88. The highest BCUT2D eigenvalue weighted by molar-refractivity contribution is 6.30. The molecule has 2 atom stereocenters. The number of halogens is 2. The van der Waals surface area contributed by atoms with Crippen LogP contribution in [0, 0.1) is 11.7 Å². The van der Waals surface area contributed by atoms with Gasteiger partial charge in [-0.05, 0) is 51.3 Å². The first-order valence-corrected chi connectivity index (χ1v) is 9.33. The van der Waals surface area contributed by atoms with Crippen molar-refractivity contribution in [2.75, 3.05) is 26.2 Å². The van der Waals surface area contributed by atoms with Crippen LogP contribution in [0.5, 0.6) is 0 Å². The van der Waals surface area contributed by atoms with E-state index >= 15 is 0 Å². The van der Waals surface area contributed by atoms with Crippen LogP contribution >= 0.6 is 11.6 Å². The molecule has 0 aromatic heterocycles. The second-order valence-electron chi connectivity index (χ2n) is 7.58. The quantitative estimate of drug-likeness (QED) is 0.825. The Kier molecular flexibility index (Phi) is 7.26. The Bertz CT molecular complexity index is 621. The van der Waals surface area contributed by atoms with Crippen LogP contribution in [0.1, 0.15) is 45.3 Å². The van der Waals surface area contributed by atoms with Gasteiger partial charge in [0.05, 0.1) is 17.7 Å². The van der Waals surface area contributed by atoms with Gasteiger partial charge in [0, 0.05) is 25.6 Å². The molecule has 2 N–H and O–H groups in total. The number of likely N-dealkylation sites (tertiary alicyclic amines) is 1. The molecule has 1 amide bonds. The minimum atomic E-state index is -0.538. The number of benzene rings is 1. The molecule has 1 saturated heterocycles. The van der Waals surface area contributed by atoms with Gasteiger partial charge < -0.3 is 20.1 Å². The van der Waals surface area contributed by atoms with E-state index in [1.54, 1.807) is 17.0 Å². The predicted molar refractivity (Wildman–Crippen MR) is 99.7 cm³/mol. The van der Waals surface area contributed by atoms with Gasteiger partial charge in [0.15, 0.2) is 0 Å². The number of piperidine rings is 1. The fraction of sp³-hybridized carbons (Fsp3) is 0.632. The maximum atomic E-state index is 13.5. The molecule has 0 spiro atoms. The fourth-order valence-electron chi connectivity index (χ4n) is 3.14. The van der Waals surface area contributed by atoms with Gasteiger partial charge in [0.1, 0.15) is 11.4 Å². The van der Waals surface area contributed by atoms with E-state index in [-0.39, 0.29) is 23.1 Å². The van der Waals surface area contributed by atoms with Crippen LogP contribution in [0.15, 0.2) is 18.2 Å². The van der Waals surface area contributed by atoms with Gasteiger partial charge in [-0.3, -0.25) is 0 Å². The van der Waals surface area contributed by atoms with Crippen LogP contribution < -0.4 is 5.73 Å². The zero-order chi connectivity index (χ0) is 19.3. The van der Waals surface area contributed by atoms with E-state index in [1.807, 2.05) is 20.8 Å². The summed E-state index contributed by atoms with van der Waals surface area (Å²) in [4.78, 5) is 14.1. The molecule has 1 heterocycles. The van der Waals surface area contributed by atoms with E-state index < -0.39 is 11.4 Å². The summed E-state index contributed by atoms with van der Waals surface area (Å²) >= 11 is 5.94. The van der Waals surface area contributed by atoms with E-state index in [1.165, 1.54) is 6.07 Å². The highest BCUT2D eigenvalue weighted by Gasteiger charge is 2.33. The summed E-state index contributed by atoms with van der Waals surface area (Å²) in [6, 6.07) is 4.60. The summed E-state index contributed by atoms with van der Waals surface area (Å²) in [6.45, 7) is 7.47. The van der Waals surface area contributed by atoms with Crippen LogP contribution in [0.2, 0.25) is 5.02 Å². The standard InChI is InChI=1S/C19H28ClFN2O3/c1-19(2,3)26-18(24)23-9-4-5-14(12-23)17(25-10-8-22)13-6-7-16(21)15(20)11-13/h6-7,11,14,17H,4-5,8-10,12,22H2,1-3H3/t14-,17+/m1/s1. The van der Waals surface area contributed by atoms with Gasteiger partial charge in [-0.1, -0.05) is 17.7 Å². The van der Waals surface area contributed by atoms with Gasteiger partial charge in [-0.2, -0.15) is 0 Å². The number of carbonyl (C=O) groups excluding carboxylic acids is 1. The van der Waals surface area contributed by atoms with E-state index in [9.17, 15) is 9.18 Å². The Morgan fingerprint density at radius 2 is 2.19 bits per heavy atom. The lowest BCUT2D eigenvalue weighted by Gasteiger charge is -2.37. The largest absolute Gasteiger partial charge is 0.444 e.